The summed E-state index contributed by atoms with van der Waals surface area (Å²) in [5.74, 6) is 0.717. The van der Waals surface area contributed by atoms with Crippen LogP contribution in [0.1, 0.15) is 0 Å². The number of nitrogens with zero attached hydrogens (tertiary/aromatic N) is 1. The van der Waals surface area contributed by atoms with Crippen LogP contribution in [0.15, 0.2) is 42.5 Å². The van der Waals surface area contributed by atoms with Crippen molar-refractivity contribution in [1.29, 1.82) is 0 Å². The van der Waals surface area contributed by atoms with Crippen LogP contribution in [0.5, 0.6) is 5.75 Å². The Morgan fingerprint density at radius 3 is 2.52 bits per heavy atom. The Kier molecular flexibility index (Phi) is 5.90. The summed E-state index contributed by atoms with van der Waals surface area (Å²) in [6.07, 6.45) is -2.41. The normalized spacial score (nSPS) is 11.5. The molecule has 0 aliphatic carbocycles. The minimum atomic E-state index is -2.41. The third-order valence-corrected chi connectivity index (χ3v) is 3.21. The lowest BCUT2D eigenvalue weighted by molar-refractivity contribution is 0.0709. The molecular weight excluding hydrogens is 276 g/mol. The van der Waals surface area contributed by atoms with Crippen molar-refractivity contribution in [2.45, 2.75) is 6.43 Å². The quantitative estimate of drug-likeness (QED) is 0.813. The first kappa shape index (κ1) is 15.7. The molecule has 0 radical (unpaired) electrons. The highest BCUT2D eigenvalue weighted by molar-refractivity contribution is 5.83. The highest BCUT2D eigenvalue weighted by Crippen LogP contribution is 2.20. The van der Waals surface area contributed by atoms with Crippen molar-refractivity contribution in [3.8, 4) is 5.75 Å². The summed E-state index contributed by atoms with van der Waals surface area (Å²) in [5.41, 5.74) is 0. The van der Waals surface area contributed by atoms with E-state index in [4.69, 9.17) is 9.84 Å². The second-order valence-corrected chi connectivity index (χ2v) is 4.77. The van der Waals surface area contributed by atoms with E-state index in [0.717, 1.165) is 16.5 Å². The van der Waals surface area contributed by atoms with Gasteiger partial charge in [0, 0.05) is 13.1 Å². The number of benzene rings is 2. The molecule has 0 amide bonds. The van der Waals surface area contributed by atoms with Gasteiger partial charge in [-0.25, -0.2) is 8.78 Å². The summed E-state index contributed by atoms with van der Waals surface area (Å²) in [7, 11) is 0. The molecule has 21 heavy (non-hydrogen) atoms. The average molecular weight is 295 g/mol. The first-order valence-electron chi connectivity index (χ1n) is 6.92. The molecule has 0 bridgehead atoms. The maximum Gasteiger partial charge on any atom is 0.251 e. The van der Waals surface area contributed by atoms with E-state index in [0.29, 0.717) is 13.2 Å². The predicted octanol–water partition coefficient (Wildman–Crippen LogP) is 2.78. The number of ether oxygens (including phenoxy) is 1. The molecule has 0 spiro atoms. The zero-order valence-electron chi connectivity index (χ0n) is 11.7. The molecule has 2 aromatic carbocycles. The Hall–Kier alpha value is -1.72. The molecule has 0 heterocycles. The highest BCUT2D eigenvalue weighted by atomic mass is 19.3. The largest absolute Gasteiger partial charge is 0.492 e. The number of aliphatic hydroxyl groups is 1. The molecular formula is C16H19F2NO2. The van der Waals surface area contributed by atoms with Gasteiger partial charge in [-0.1, -0.05) is 30.3 Å². The standard InChI is InChI=1S/C16H19F2NO2/c17-16(18)12-19(7-9-20)8-10-21-15-6-5-13-3-1-2-4-14(13)11-15/h1-6,11,16,20H,7-10,12H2. The fourth-order valence-corrected chi connectivity index (χ4v) is 2.18. The van der Waals surface area contributed by atoms with Gasteiger partial charge in [-0.05, 0) is 22.9 Å². The summed E-state index contributed by atoms with van der Waals surface area (Å²) < 4.78 is 30.3. The fourth-order valence-electron chi connectivity index (χ4n) is 2.18. The number of halogens is 2. The van der Waals surface area contributed by atoms with Crippen LogP contribution in [0.2, 0.25) is 0 Å². The number of hydrogen-bond acceptors (Lipinski definition) is 3. The van der Waals surface area contributed by atoms with Gasteiger partial charge in [0.2, 0.25) is 0 Å². The van der Waals surface area contributed by atoms with Crippen LogP contribution in [-0.2, 0) is 0 Å². The molecule has 0 unspecified atom stereocenters. The predicted molar refractivity (Wildman–Crippen MR) is 79.0 cm³/mol. The van der Waals surface area contributed by atoms with Gasteiger partial charge in [-0.15, -0.1) is 0 Å². The van der Waals surface area contributed by atoms with E-state index in [2.05, 4.69) is 0 Å². The number of alkyl halides is 2. The number of hydrogen-bond donors (Lipinski definition) is 1. The molecule has 2 aromatic rings. The van der Waals surface area contributed by atoms with Gasteiger partial charge in [0.1, 0.15) is 12.4 Å². The van der Waals surface area contributed by atoms with Crippen molar-refractivity contribution < 1.29 is 18.6 Å². The van der Waals surface area contributed by atoms with E-state index in [1.807, 2.05) is 42.5 Å². The molecule has 0 atom stereocenters. The van der Waals surface area contributed by atoms with E-state index in [9.17, 15) is 8.78 Å². The fraction of sp³-hybridized carbons (Fsp3) is 0.375. The molecule has 3 nitrogen and oxygen atoms in total. The van der Waals surface area contributed by atoms with Crippen LogP contribution >= 0.6 is 0 Å². The van der Waals surface area contributed by atoms with Crippen molar-refractivity contribution in [2.24, 2.45) is 0 Å². The van der Waals surface area contributed by atoms with Crippen LogP contribution in [0.3, 0.4) is 0 Å². The topological polar surface area (TPSA) is 32.7 Å². The Bertz CT molecular complexity index is 563. The summed E-state index contributed by atoms with van der Waals surface area (Å²) in [4.78, 5) is 1.49. The van der Waals surface area contributed by atoms with Crippen molar-refractivity contribution >= 4 is 10.8 Å². The van der Waals surface area contributed by atoms with Crippen molar-refractivity contribution in [1.82, 2.24) is 4.90 Å². The Morgan fingerprint density at radius 2 is 1.81 bits per heavy atom. The third-order valence-electron chi connectivity index (χ3n) is 3.21. The number of fused-ring (bicyclic) bond motifs is 1. The summed E-state index contributed by atoms with van der Waals surface area (Å²) in [6.45, 7) is 0.415. The summed E-state index contributed by atoms with van der Waals surface area (Å²) in [6, 6.07) is 13.7. The second kappa shape index (κ2) is 7.90. The Balaban J connectivity index is 1.88. The Labute approximate surface area is 122 Å². The molecule has 0 aliphatic heterocycles. The molecule has 5 heteroatoms. The maximum absolute atomic E-state index is 12.4. The van der Waals surface area contributed by atoms with Crippen LogP contribution < -0.4 is 4.74 Å². The van der Waals surface area contributed by atoms with Crippen LogP contribution in [0.25, 0.3) is 10.8 Å². The van der Waals surface area contributed by atoms with E-state index >= 15 is 0 Å². The van der Waals surface area contributed by atoms with E-state index < -0.39 is 6.43 Å². The zero-order valence-corrected chi connectivity index (χ0v) is 11.7. The lowest BCUT2D eigenvalue weighted by Crippen LogP contribution is -2.35. The summed E-state index contributed by atoms with van der Waals surface area (Å²) >= 11 is 0. The summed E-state index contributed by atoms with van der Waals surface area (Å²) in [5, 5.41) is 11.1. The van der Waals surface area contributed by atoms with Crippen LogP contribution in [0.4, 0.5) is 8.78 Å². The Morgan fingerprint density at radius 1 is 1.05 bits per heavy atom. The van der Waals surface area contributed by atoms with Gasteiger partial charge in [-0.3, -0.25) is 4.90 Å². The zero-order chi connectivity index (χ0) is 15.1. The average Bonchev–Trinajstić information content (AvgIpc) is 2.47. The van der Waals surface area contributed by atoms with Crippen molar-refractivity contribution in [2.75, 3.05) is 32.8 Å². The lowest BCUT2D eigenvalue weighted by atomic mass is 10.1. The van der Waals surface area contributed by atoms with Gasteiger partial charge in [0.05, 0.1) is 13.2 Å². The molecule has 0 fully saturated rings. The van der Waals surface area contributed by atoms with Gasteiger partial charge in [-0.2, -0.15) is 0 Å². The number of rotatable bonds is 8. The number of aliphatic hydroxyl groups excluding tert-OH is 1. The molecule has 2 rings (SSSR count). The monoisotopic (exact) mass is 295 g/mol. The molecule has 0 aliphatic rings. The lowest BCUT2D eigenvalue weighted by Gasteiger charge is -2.20. The van der Waals surface area contributed by atoms with Gasteiger partial charge < -0.3 is 9.84 Å². The van der Waals surface area contributed by atoms with Gasteiger partial charge in [0.25, 0.3) is 6.43 Å². The molecule has 0 aromatic heterocycles. The van der Waals surface area contributed by atoms with Crippen molar-refractivity contribution in [3.63, 3.8) is 0 Å². The highest BCUT2D eigenvalue weighted by Gasteiger charge is 2.11. The first-order valence-corrected chi connectivity index (χ1v) is 6.92. The van der Waals surface area contributed by atoms with Crippen molar-refractivity contribution in [3.05, 3.63) is 42.5 Å². The minimum absolute atomic E-state index is 0.136. The van der Waals surface area contributed by atoms with E-state index in [-0.39, 0.29) is 19.7 Å². The molecule has 0 saturated carbocycles. The van der Waals surface area contributed by atoms with E-state index in [1.54, 1.807) is 0 Å². The van der Waals surface area contributed by atoms with Crippen LogP contribution in [0, 0.1) is 0 Å². The molecule has 114 valence electrons. The van der Waals surface area contributed by atoms with Gasteiger partial charge >= 0.3 is 0 Å². The first-order chi connectivity index (χ1) is 10.2. The third kappa shape index (κ3) is 4.95. The van der Waals surface area contributed by atoms with E-state index in [1.165, 1.54) is 4.90 Å². The molecule has 1 N–H and O–H groups in total. The minimum Gasteiger partial charge on any atom is -0.492 e. The van der Waals surface area contributed by atoms with Gasteiger partial charge in [0.15, 0.2) is 0 Å². The maximum atomic E-state index is 12.4. The smallest absolute Gasteiger partial charge is 0.251 e. The van der Waals surface area contributed by atoms with Crippen LogP contribution in [-0.4, -0.2) is 49.3 Å². The SMILES string of the molecule is OCCN(CCOc1ccc2ccccc2c1)CC(F)F. The second-order valence-electron chi connectivity index (χ2n) is 4.77. The molecule has 0 saturated heterocycles.